The van der Waals surface area contributed by atoms with E-state index < -0.39 is 36.9 Å². The number of benzene rings is 1. The molecule has 0 radical (unpaired) electrons. The second kappa shape index (κ2) is 3.85. The Bertz CT molecular complexity index is 499. The summed E-state index contributed by atoms with van der Waals surface area (Å²) in [5.74, 6) is -3.38. The normalized spacial score (nSPS) is 12.9. The molecule has 0 aliphatic heterocycles. The van der Waals surface area contributed by atoms with Gasteiger partial charge in [0.2, 0.25) is 0 Å². The lowest BCUT2D eigenvalue weighted by molar-refractivity contribution is -0.0436. The second-order valence-electron chi connectivity index (χ2n) is 2.65. The van der Waals surface area contributed by atoms with Crippen molar-refractivity contribution in [3.05, 3.63) is 28.8 Å². The van der Waals surface area contributed by atoms with Gasteiger partial charge in [0.05, 0.1) is 9.92 Å². The Morgan fingerprint density at radius 1 is 1.12 bits per heavy atom. The van der Waals surface area contributed by atoms with Gasteiger partial charge in [-0.05, 0) is 12.1 Å². The Kier molecular flexibility index (Phi) is 3.17. The Hall–Kier alpha value is -0.890. The van der Waals surface area contributed by atoms with Gasteiger partial charge in [0.15, 0.2) is 11.6 Å². The highest BCUT2D eigenvalue weighted by Gasteiger charge is 2.47. The zero-order valence-electron chi connectivity index (χ0n) is 7.15. The zero-order chi connectivity index (χ0) is 12.7. The summed E-state index contributed by atoms with van der Waals surface area (Å²) >= 11 is 5.03. The average molecular weight is 281 g/mol. The number of alkyl halides is 3. The van der Waals surface area contributed by atoms with Crippen molar-refractivity contribution in [1.29, 1.82) is 0 Å². The molecule has 1 aromatic carbocycles. The minimum Gasteiger partial charge on any atom is -0.214 e. The van der Waals surface area contributed by atoms with Crippen LogP contribution in [0.25, 0.3) is 0 Å². The third-order valence-electron chi connectivity index (χ3n) is 1.57. The first-order valence-corrected chi connectivity index (χ1v) is 5.39. The van der Waals surface area contributed by atoms with E-state index in [2.05, 4.69) is 0 Å². The first-order valence-electron chi connectivity index (χ1n) is 3.53. The minimum atomic E-state index is -5.73. The number of hydrogen-bond acceptors (Lipinski definition) is 2. The summed E-state index contributed by atoms with van der Waals surface area (Å²) in [6.45, 7) is 0. The van der Waals surface area contributed by atoms with Crippen LogP contribution >= 0.6 is 11.6 Å². The van der Waals surface area contributed by atoms with Crippen LogP contribution in [0.2, 0.25) is 5.02 Å². The van der Waals surface area contributed by atoms with E-state index in [0.29, 0.717) is 0 Å². The van der Waals surface area contributed by atoms with Gasteiger partial charge in [0.25, 0.3) is 9.84 Å². The lowest BCUT2D eigenvalue weighted by Gasteiger charge is -2.08. The summed E-state index contributed by atoms with van der Waals surface area (Å²) < 4.78 is 83.0. The predicted octanol–water partition coefficient (Wildman–Crippen LogP) is 2.91. The maximum atomic E-state index is 12.7. The molecular formula is C7H2ClF5O2S. The number of hydrogen-bond donors (Lipinski definition) is 0. The fourth-order valence-corrected chi connectivity index (χ4v) is 1.89. The molecule has 0 spiro atoms. The van der Waals surface area contributed by atoms with Gasteiger partial charge in [-0.3, -0.25) is 0 Å². The fraction of sp³-hybridized carbons (Fsp3) is 0.143. The molecule has 0 aliphatic carbocycles. The van der Waals surface area contributed by atoms with Crippen molar-refractivity contribution in [3.8, 4) is 0 Å². The second-order valence-corrected chi connectivity index (χ2v) is 5.00. The van der Waals surface area contributed by atoms with Gasteiger partial charge >= 0.3 is 5.51 Å². The molecule has 0 amide bonds. The van der Waals surface area contributed by atoms with Crippen LogP contribution < -0.4 is 0 Å². The van der Waals surface area contributed by atoms with Crippen molar-refractivity contribution in [3.63, 3.8) is 0 Å². The van der Waals surface area contributed by atoms with Gasteiger partial charge in [-0.15, -0.1) is 0 Å². The molecule has 0 N–H and O–H groups in total. The zero-order valence-corrected chi connectivity index (χ0v) is 8.72. The highest BCUT2D eigenvalue weighted by molar-refractivity contribution is 7.92. The third-order valence-corrected chi connectivity index (χ3v) is 3.31. The van der Waals surface area contributed by atoms with Crippen molar-refractivity contribution in [1.82, 2.24) is 0 Å². The molecule has 0 aliphatic rings. The molecule has 2 nitrogen and oxygen atoms in total. The largest absolute Gasteiger partial charge is 0.501 e. The van der Waals surface area contributed by atoms with E-state index in [4.69, 9.17) is 11.6 Å². The Balaban J connectivity index is 3.49. The van der Waals surface area contributed by atoms with Crippen molar-refractivity contribution >= 4 is 21.4 Å². The van der Waals surface area contributed by atoms with Crippen LogP contribution in [-0.2, 0) is 9.84 Å². The van der Waals surface area contributed by atoms with E-state index in [0.717, 1.165) is 0 Å². The predicted molar refractivity (Wildman–Crippen MR) is 44.6 cm³/mol. The molecule has 0 saturated heterocycles. The topological polar surface area (TPSA) is 34.1 Å². The molecule has 90 valence electrons. The molecule has 0 aromatic heterocycles. The Morgan fingerprint density at radius 3 is 2.00 bits per heavy atom. The highest BCUT2D eigenvalue weighted by Crippen LogP contribution is 2.32. The average Bonchev–Trinajstić information content (AvgIpc) is 2.11. The van der Waals surface area contributed by atoms with Crippen LogP contribution in [-0.4, -0.2) is 13.9 Å². The number of sulfone groups is 1. The van der Waals surface area contributed by atoms with E-state index in [1.165, 1.54) is 0 Å². The Labute approximate surface area is 91.6 Å². The first-order chi connectivity index (χ1) is 7.07. The van der Waals surface area contributed by atoms with E-state index >= 15 is 0 Å². The standard InChI is InChI=1S/C7H2ClF5O2S/c8-4-1-3(2-5(9)6(4)10)16(14,15)7(11,12)13/h1-2H. The number of rotatable bonds is 1. The van der Waals surface area contributed by atoms with Crippen molar-refractivity contribution < 1.29 is 30.4 Å². The minimum absolute atomic E-state index is 0.0793. The molecule has 9 heteroatoms. The maximum absolute atomic E-state index is 12.7. The molecule has 0 heterocycles. The SMILES string of the molecule is O=S(=O)(c1cc(F)c(F)c(Cl)c1)C(F)(F)F. The van der Waals surface area contributed by atoms with Crippen molar-refractivity contribution in [2.45, 2.75) is 10.4 Å². The van der Waals surface area contributed by atoms with Crippen LogP contribution in [0.1, 0.15) is 0 Å². The summed E-state index contributed by atoms with van der Waals surface area (Å²) in [5.41, 5.74) is -5.60. The number of halogens is 6. The van der Waals surface area contributed by atoms with Gasteiger partial charge in [-0.25, -0.2) is 17.2 Å². The highest BCUT2D eigenvalue weighted by atomic mass is 35.5. The molecule has 0 unspecified atom stereocenters. The van der Waals surface area contributed by atoms with Gasteiger partial charge in [0.1, 0.15) is 0 Å². The fourth-order valence-electron chi connectivity index (χ4n) is 0.821. The van der Waals surface area contributed by atoms with E-state index in [9.17, 15) is 30.4 Å². The van der Waals surface area contributed by atoms with Crippen LogP contribution in [0.15, 0.2) is 17.0 Å². The molecule has 0 atom stereocenters. The molecule has 1 aromatic rings. The maximum Gasteiger partial charge on any atom is 0.501 e. The molecular weight excluding hydrogens is 279 g/mol. The smallest absolute Gasteiger partial charge is 0.214 e. The van der Waals surface area contributed by atoms with Gasteiger partial charge in [-0.2, -0.15) is 13.2 Å². The van der Waals surface area contributed by atoms with Gasteiger partial charge in [0, 0.05) is 0 Å². The third kappa shape index (κ3) is 2.12. The van der Waals surface area contributed by atoms with E-state index in [-0.39, 0.29) is 12.1 Å². The van der Waals surface area contributed by atoms with Crippen molar-refractivity contribution in [2.75, 3.05) is 0 Å². The molecule has 0 fully saturated rings. The Morgan fingerprint density at radius 2 is 1.62 bits per heavy atom. The quantitative estimate of drug-likeness (QED) is 0.450. The molecule has 0 bridgehead atoms. The van der Waals surface area contributed by atoms with Crippen molar-refractivity contribution in [2.24, 2.45) is 0 Å². The van der Waals surface area contributed by atoms with Crippen LogP contribution in [0.4, 0.5) is 22.0 Å². The van der Waals surface area contributed by atoms with Crippen LogP contribution in [0.5, 0.6) is 0 Å². The summed E-state index contributed by atoms with van der Waals surface area (Å²) in [6, 6.07) is 0.118. The summed E-state index contributed by atoms with van der Waals surface area (Å²) in [6.07, 6.45) is 0. The lowest BCUT2D eigenvalue weighted by Crippen LogP contribution is -2.23. The first kappa shape index (κ1) is 13.2. The van der Waals surface area contributed by atoms with Crippen LogP contribution in [0.3, 0.4) is 0 Å². The molecule has 0 saturated carbocycles. The van der Waals surface area contributed by atoms with Gasteiger partial charge in [-0.1, -0.05) is 11.6 Å². The van der Waals surface area contributed by atoms with E-state index in [1.807, 2.05) is 0 Å². The molecule has 16 heavy (non-hydrogen) atoms. The van der Waals surface area contributed by atoms with Crippen LogP contribution in [0, 0.1) is 11.6 Å². The summed E-state index contributed by atoms with van der Waals surface area (Å²) in [5, 5.41) is -1.04. The monoisotopic (exact) mass is 280 g/mol. The lowest BCUT2D eigenvalue weighted by atomic mass is 10.3. The molecule has 1 rings (SSSR count). The van der Waals surface area contributed by atoms with E-state index in [1.54, 1.807) is 0 Å². The summed E-state index contributed by atoms with van der Waals surface area (Å²) in [4.78, 5) is -1.44. The van der Waals surface area contributed by atoms with Gasteiger partial charge < -0.3 is 0 Å². The summed E-state index contributed by atoms with van der Waals surface area (Å²) in [7, 11) is -5.73.